The van der Waals surface area contributed by atoms with Gasteiger partial charge in [0.2, 0.25) is 11.0 Å². The molecule has 3 rings (SSSR count). The van der Waals surface area contributed by atoms with Crippen LogP contribution in [0.4, 0.5) is 0 Å². The molecule has 0 fully saturated rings. The Morgan fingerprint density at radius 3 is 3.11 bits per heavy atom. The molecular weight excluding hydrogens is 264 g/mol. The minimum absolute atomic E-state index is 0.0902. The zero-order chi connectivity index (χ0) is 12.9. The summed E-state index contributed by atoms with van der Waals surface area (Å²) < 4.78 is 0. The van der Waals surface area contributed by atoms with Crippen LogP contribution in [-0.4, -0.2) is 27.5 Å². The number of thiocarbonyl (C=S) groups is 1. The fourth-order valence-corrected chi connectivity index (χ4v) is 4.31. The van der Waals surface area contributed by atoms with Crippen LogP contribution in [0.25, 0.3) is 0 Å². The molecule has 0 aromatic rings. The highest BCUT2D eigenvalue weighted by Crippen LogP contribution is 2.49. The van der Waals surface area contributed by atoms with Crippen molar-refractivity contribution in [3.8, 4) is 0 Å². The van der Waals surface area contributed by atoms with Gasteiger partial charge >= 0.3 is 0 Å². The van der Waals surface area contributed by atoms with Gasteiger partial charge in [0.15, 0.2) is 0 Å². The summed E-state index contributed by atoms with van der Waals surface area (Å²) in [6.07, 6.45) is 3.29. The highest BCUT2D eigenvalue weighted by Gasteiger charge is 2.44. The number of hydrogen-bond donors (Lipinski definition) is 0. The van der Waals surface area contributed by atoms with Crippen LogP contribution in [-0.2, 0) is 4.79 Å². The number of fused-ring (bicyclic) bond motifs is 2. The average molecular weight is 278 g/mol. The van der Waals surface area contributed by atoms with Crippen molar-refractivity contribution in [3.63, 3.8) is 0 Å². The van der Waals surface area contributed by atoms with Gasteiger partial charge in [0.25, 0.3) is 0 Å². The van der Waals surface area contributed by atoms with E-state index in [1.165, 1.54) is 16.9 Å². The molecule has 5 heteroatoms. The molecule has 3 nitrogen and oxygen atoms in total. The van der Waals surface area contributed by atoms with Crippen LogP contribution >= 0.6 is 24.0 Å². The highest BCUT2D eigenvalue weighted by atomic mass is 32.2. The van der Waals surface area contributed by atoms with Gasteiger partial charge < -0.3 is 0 Å². The maximum Gasteiger partial charge on any atom is 0.242 e. The van der Waals surface area contributed by atoms with Gasteiger partial charge in [-0.05, 0) is 48.9 Å². The Labute approximate surface area is 116 Å². The lowest BCUT2D eigenvalue weighted by Crippen LogP contribution is -2.45. The van der Waals surface area contributed by atoms with Gasteiger partial charge in [0, 0.05) is 6.54 Å². The minimum Gasteiger partial charge on any atom is -0.282 e. The molecule has 3 aliphatic rings. The second-order valence-corrected chi connectivity index (χ2v) is 6.43. The van der Waals surface area contributed by atoms with Crippen molar-refractivity contribution in [2.24, 2.45) is 10.9 Å². The summed E-state index contributed by atoms with van der Waals surface area (Å²) in [5, 5.41) is 1.29. The second kappa shape index (κ2) is 4.31. The SMILES string of the molecule is C=C(C)CN1C(=O)C2C(=NC1=S)SC1=C2CCC1. The lowest BCUT2D eigenvalue weighted by atomic mass is 9.97. The molecule has 1 atom stereocenters. The van der Waals surface area contributed by atoms with Crippen LogP contribution in [0.2, 0.25) is 0 Å². The number of nitrogens with zero attached hydrogens (tertiary/aromatic N) is 2. The first kappa shape index (κ1) is 12.1. The smallest absolute Gasteiger partial charge is 0.242 e. The number of allylic oxidation sites excluding steroid dienone is 1. The van der Waals surface area contributed by atoms with E-state index in [1.54, 1.807) is 16.7 Å². The number of carbonyl (C=O) groups is 1. The molecule has 94 valence electrons. The number of carbonyl (C=O) groups excluding carboxylic acids is 1. The van der Waals surface area contributed by atoms with E-state index in [1.807, 2.05) is 6.92 Å². The van der Waals surface area contributed by atoms with Gasteiger partial charge in [-0.3, -0.25) is 9.69 Å². The molecule has 2 aliphatic heterocycles. The summed E-state index contributed by atoms with van der Waals surface area (Å²) >= 11 is 6.89. The van der Waals surface area contributed by atoms with Crippen LogP contribution in [0, 0.1) is 5.92 Å². The van der Waals surface area contributed by atoms with Crippen molar-refractivity contribution in [3.05, 3.63) is 22.6 Å². The van der Waals surface area contributed by atoms with E-state index in [2.05, 4.69) is 11.6 Å². The lowest BCUT2D eigenvalue weighted by Gasteiger charge is -2.29. The second-order valence-electron chi connectivity index (χ2n) is 4.95. The van der Waals surface area contributed by atoms with Gasteiger partial charge in [0.1, 0.15) is 5.92 Å². The molecule has 0 saturated carbocycles. The molecule has 0 aromatic carbocycles. The van der Waals surface area contributed by atoms with Crippen LogP contribution in [0.3, 0.4) is 0 Å². The van der Waals surface area contributed by atoms with Crippen LogP contribution < -0.4 is 0 Å². The third-order valence-corrected chi connectivity index (χ3v) is 4.97. The first-order valence-electron chi connectivity index (χ1n) is 6.06. The summed E-state index contributed by atoms with van der Waals surface area (Å²) in [4.78, 5) is 20.0. The van der Waals surface area contributed by atoms with E-state index in [9.17, 15) is 4.79 Å². The first-order chi connectivity index (χ1) is 8.58. The fourth-order valence-electron chi connectivity index (χ4n) is 2.66. The predicted molar refractivity (Wildman–Crippen MR) is 78.5 cm³/mol. The average Bonchev–Trinajstić information content (AvgIpc) is 2.83. The van der Waals surface area contributed by atoms with Crippen molar-refractivity contribution in [1.29, 1.82) is 0 Å². The zero-order valence-corrected chi connectivity index (χ0v) is 11.9. The molecule has 2 heterocycles. The van der Waals surface area contributed by atoms with E-state index < -0.39 is 0 Å². The third-order valence-electron chi connectivity index (χ3n) is 3.41. The molecule has 18 heavy (non-hydrogen) atoms. The zero-order valence-electron chi connectivity index (χ0n) is 10.2. The minimum atomic E-state index is -0.140. The summed E-state index contributed by atoms with van der Waals surface area (Å²) in [6, 6.07) is 0. The lowest BCUT2D eigenvalue weighted by molar-refractivity contribution is -0.128. The normalized spacial score (nSPS) is 26.4. The molecule has 0 aromatic heterocycles. The Bertz CT molecular complexity index is 533. The Morgan fingerprint density at radius 1 is 1.61 bits per heavy atom. The quantitative estimate of drug-likeness (QED) is 0.575. The third kappa shape index (κ3) is 1.77. The molecule has 0 N–H and O–H groups in total. The Morgan fingerprint density at radius 2 is 2.39 bits per heavy atom. The molecule has 0 spiro atoms. The number of rotatable bonds is 2. The topological polar surface area (TPSA) is 32.7 Å². The highest BCUT2D eigenvalue weighted by molar-refractivity contribution is 8.17. The summed E-state index contributed by atoms with van der Waals surface area (Å²) in [5.41, 5.74) is 2.22. The summed E-state index contributed by atoms with van der Waals surface area (Å²) in [6.45, 7) is 6.24. The van der Waals surface area contributed by atoms with E-state index in [-0.39, 0.29) is 11.8 Å². The molecule has 0 saturated heterocycles. The number of aliphatic imine (C=N–C) groups is 1. The molecular formula is C13H14N2OS2. The maximum atomic E-state index is 12.6. The van der Waals surface area contributed by atoms with Crippen molar-refractivity contribution < 1.29 is 4.79 Å². The van der Waals surface area contributed by atoms with E-state index in [0.29, 0.717) is 11.7 Å². The maximum absolute atomic E-state index is 12.6. The van der Waals surface area contributed by atoms with Crippen LogP contribution in [0.5, 0.6) is 0 Å². The van der Waals surface area contributed by atoms with E-state index in [4.69, 9.17) is 12.2 Å². The fraction of sp³-hybridized carbons (Fsp3) is 0.462. The van der Waals surface area contributed by atoms with Gasteiger partial charge in [-0.25, -0.2) is 4.99 Å². The number of amides is 1. The van der Waals surface area contributed by atoms with Crippen molar-refractivity contribution in [1.82, 2.24) is 4.90 Å². The van der Waals surface area contributed by atoms with Crippen molar-refractivity contribution in [2.45, 2.75) is 26.2 Å². The number of hydrogen-bond acceptors (Lipinski definition) is 3. The van der Waals surface area contributed by atoms with Crippen molar-refractivity contribution in [2.75, 3.05) is 6.54 Å². The van der Waals surface area contributed by atoms with Gasteiger partial charge in [-0.1, -0.05) is 23.9 Å². The Kier molecular flexibility index (Phi) is 2.90. The first-order valence-corrected chi connectivity index (χ1v) is 7.28. The molecule has 0 bridgehead atoms. The largest absolute Gasteiger partial charge is 0.282 e. The van der Waals surface area contributed by atoms with Crippen molar-refractivity contribution >= 4 is 40.0 Å². The molecule has 1 amide bonds. The van der Waals surface area contributed by atoms with Gasteiger partial charge in [-0.2, -0.15) is 0 Å². The van der Waals surface area contributed by atoms with Crippen LogP contribution in [0.15, 0.2) is 27.6 Å². The monoisotopic (exact) mass is 278 g/mol. The van der Waals surface area contributed by atoms with E-state index in [0.717, 1.165) is 23.5 Å². The number of thioether (sulfide) groups is 1. The molecule has 0 radical (unpaired) electrons. The Balaban J connectivity index is 1.95. The summed E-state index contributed by atoms with van der Waals surface area (Å²) in [5.74, 6) is -0.0500. The van der Waals surface area contributed by atoms with Gasteiger partial charge in [-0.15, -0.1) is 0 Å². The standard InChI is InChI=1S/C13H14N2OS2/c1-7(2)6-15-12(16)10-8-4-3-5-9(8)18-11(10)14-13(15)17/h10H,1,3-6H2,2H3. The van der Waals surface area contributed by atoms with Crippen LogP contribution in [0.1, 0.15) is 26.2 Å². The summed E-state index contributed by atoms with van der Waals surface area (Å²) in [7, 11) is 0. The van der Waals surface area contributed by atoms with E-state index >= 15 is 0 Å². The predicted octanol–water partition coefficient (Wildman–Crippen LogP) is 2.89. The van der Waals surface area contributed by atoms with Gasteiger partial charge in [0.05, 0.1) is 5.04 Å². The molecule has 1 aliphatic carbocycles. The Hall–Kier alpha value is -0.940. The molecule has 1 unspecified atom stereocenters.